The zero-order valence-electron chi connectivity index (χ0n) is 17.4. The number of benzene rings is 5. The van der Waals surface area contributed by atoms with E-state index in [0.29, 0.717) is 0 Å². The Morgan fingerprint density at radius 3 is 1.53 bits per heavy atom. The molecule has 1 heterocycles. The summed E-state index contributed by atoms with van der Waals surface area (Å²) < 4.78 is 0. The van der Waals surface area contributed by atoms with Gasteiger partial charge in [-0.2, -0.15) is 0 Å². The largest absolute Gasteiger partial charge is 0.244 e. The van der Waals surface area contributed by atoms with Gasteiger partial charge in [0, 0.05) is 18.0 Å². The standard InChI is InChI=1S/C30H20N2/c1-3-7-21(8-4-1)23-11-13-28-25(15-23)17-26-16-24(27-18-31-20-32-19-27)12-14-29(26)30(28)22-9-5-2-6-10-22/h1-20H. The maximum absolute atomic E-state index is 4.19. The van der Waals surface area contributed by atoms with Crippen LogP contribution in [0.1, 0.15) is 0 Å². The van der Waals surface area contributed by atoms with Crippen LogP contribution < -0.4 is 0 Å². The van der Waals surface area contributed by atoms with Crippen LogP contribution in [-0.2, 0) is 0 Å². The summed E-state index contributed by atoms with van der Waals surface area (Å²) in [6.45, 7) is 0. The molecule has 6 rings (SSSR count). The lowest BCUT2D eigenvalue weighted by Crippen LogP contribution is -1.88. The van der Waals surface area contributed by atoms with Crippen LogP contribution in [0.3, 0.4) is 0 Å². The number of rotatable bonds is 3. The Morgan fingerprint density at radius 2 is 0.938 bits per heavy atom. The Kier molecular flexibility index (Phi) is 4.47. The molecule has 2 nitrogen and oxygen atoms in total. The fourth-order valence-electron chi connectivity index (χ4n) is 4.49. The Labute approximate surface area is 186 Å². The van der Waals surface area contributed by atoms with E-state index in [4.69, 9.17) is 0 Å². The summed E-state index contributed by atoms with van der Waals surface area (Å²) in [6.07, 6.45) is 5.29. The van der Waals surface area contributed by atoms with Crippen molar-refractivity contribution >= 4 is 21.5 Å². The molecular formula is C30H20N2. The lowest BCUT2D eigenvalue weighted by molar-refractivity contribution is 1.17. The molecule has 0 aliphatic heterocycles. The van der Waals surface area contributed by atoms with Gasteiger partial charge in [0.25, 0.3) is 0 Å². The van der Waals surface area contributed by atoms with Gasteiger partial charge in [-0.1, -0.05) is 84.9 Å². The van der Waals surface area contributed by atoms with Gasteiger partial charge in [0.1, 0.15) is 6.33 Å². The van der Waals surface area contributed by atoms with Crippen molar-refractivity contribution in [2.45, 2.75) is 0 Å². The van der Waals surface area contributed by atoms with E-state index in [1.807, 2.05) is 12.4 Å². The second-order valence-electron chi connectivity index (χ2n) is 7.98. The first kappa shape index (κ1) is 18.5. The number of hydrogen-bond acceptors (Lipinski definition) is 2. The highest BCUT2D eigenvalue weighted by Crippen LogP contribution is 2.39. The predicted molar refractivity (Wildman–Crippen MR) is 133 cm³/mol. The molecule has 150 valence electrons. The molecule has 0 aliphatic carbocycles. The zero-order valence-corrected chi connectivity index (χ0v) is 17.4. The molecule has 0 saturated carbocycles. The van der Waals surface area contributed by atoms with Crippen molar-refractivity contribution in [3.63, 3.8) is 0 Å². The van der Waals surface area contributed by atoms with E-state index >= 15 is 0 Å². The molecule has 0 bridgehead atoms. The van der Waals surface area contributed by atoms with Gasteiger partial charge in [0.05, 0.1) is 0 Å². The smallest absolute Gasteiger partial charge is 0.115 e. The Hall–Kier alpha value is -4.30. The van der Waals surface area contributed by atoms with Crippen LogP contribution in [0.2, 0.25) is 0 Å². The topological polar surface area (TPSA) is 25.8 Å². The zero-order chi connectivity index (χ0) is 21.3. The molecular weight excluding hydrogens is 388 g/mol. The van der Waals surface area contributed by atoms with Crippen LogP contribution in [0.15, 0.2) is 122 Å². The van der Waals surface area contributed by atoms with Gasteiger partial charge in [0.15, 0.2) is 0 Å². The highest BCUT2D eigenvalue weighted by Gasteiger charge is 2.12. The minimum Gasteiger partial charge on any atom is -0.244 e. The molecule has 32 heavy (non-hydrogen) atoms. The number of nitrogens with zero attached hydrogens (tertiary/aromatic N) is 2. The molecule has 0 spiro atoms. The maximum Gasteiger partial charge on any atom is 0.115 e. The van der Waals surface area contributed by atoms with Gasteiger partial charge in [-0.15, -0.1) is 0 Å². The second kappa shape index (κ2) is 7.75. The Balaban J connectivity index is 1.65. The summed E-state index contributed by atoms with van der Waals surface area (Å²) in [5.41, 5.74) is 7.10. The summed E-state index contributed by atoms with van der Waals surface area (Å²) in [6, 6.07) is 36.9. The van der Waals surface area contributed by atoms with Gasteiger partial charge in [0.2, 0.25) is 0 Å². The monoisotopic (exact) mass is 408 g/mol. The summed E-state index contributed by atoms with van der Waals surface area (Å²) >= 11 is 0. The van der Waals surface area contributed by atoms with Crippen LogP contribution in [0.5, 0.6) is 0 Å². The Morgan fingerprint density at radius 1 is 0.406 bits per heavy atom. The molecule has 0 radical (unpaired) electrons. The lowest BCUT2D eigenvalue weighted by Gasteiger charge is -2.14. The van der Waals surface area contributed by atoms with E-state index in [9.17, 15) is 0 Å². The summed E-state index contributed by atoms with van der Waals surface area (Å²) in [7, 11) is 0. The van der Waals surface area contributed by atoms with E-state index < -0.39 is 0 Å². The molecule has 0 N–H and O–H groups in total. The molecule has 2 heteroatoms. The molecule has 6 aromatic rings. The van der Waals surface area contributed by atoms with E-state index in [-0.39, 0.29) is 0 Å². The van der Waals surface area contributed by atoms with Crippen LogP contribution in [0.25, 0.3) is 54.9 Å². The van der Waals surface area contributed by atoms with Crippen molar-refractivity contribution in [1.82, 2.24) is 9.97 Å². The summed E-state index contributed by atoms with van der Waals surface area (Å²) in [5, 5.41) is 4.96. The number of fused-ring (bicyclic) bond motifs is 2. The van der Waals surface area contributed by atoms with Crippen LogP contribution in [0.4, 0.5) is 0 Å². The highest BCUT2D eigenvalue weighted by atomic mass is 14.8. The molecule has 5 aromatic carbocycles. The average molecular weight is 409 g/mol. The van der Waals surface area contributed by atoms with Crippen LogP contribution in [-0.4, -0.2) is 9.97 Å². The number of hydrogen-bond donors (Lipinski definition) is 0. The van der Waals surface area contributed by atoms with Crippen molar-refractivity contribution in [2.75, 3.05) is 0 Å². The molecule has 0 saturated heterocycles. The molecule has 0 atom stereocenters. The van der Waals surface area contributed by atoms with Crippen molar-refractivity contribution in [3.8, 4) is 33.4 Å². The quantitative estimate of drug-likeness (QED) is 0.279. The van der Waals surface area contributed by atoms with E-state index in [1.165, 1.54) is 43.8 Å². The van der Waals surface area contributed by atoms with Gasteiger partial charge in [-0.05, 0) is 67.6 Å². The first-order valence-corrected chi connectivity index (χ1v) is 10.7. The van der Waals surface area contributed by atoms with E-state index in [1.54, 1.807) is 6.33 Å². The third kappa shape index (κ3) is 3.23. The first-order chi connectivity index (χ1) is 15.9. The maximum atomic E-state index is 4.19. The minimum atomic E-state index is 1.02. The van der Waals surface area contributed by atoms with Crippen molar-refractivity contribution in [3.05, 3.63) is 122 Å². The summed E-state index contributed by atoms with van der Waals surface area (Å²) in [5.74, 6) is 0. The lowest BCUT2D eigenvalue weighted by atomic mass is 9.89. The molecule has 0 unspecified atom stereocenters. The fraction of sp³-hybridized carbons (Fsp3) is 0. The van der Waals surface area contributed by atoms with Crippen molar-refractivity contribution in [1.29, 1.82) is 0 Å². The normalized spacial score (nSPS) is 11.1. The SMILES string of the molecule is c1ccc(-c2ccc3c(-c4ccccc4)c4ccc(-c5cncnc5)cc4cc3c2)cc1. The van der Waals surface area contributed by atoms with Gasteiger partial charge in [-0.25, -0.2) is 9.97 Å². The van der Waals surface area contributed by atoms with Crippen LogP contribution >= 0.6 is 0 Å². The van der Waals surface area contributed by atoms with Crippen LogP contribution in [0, 0.1) is 0 Å². The minimum absolute atomic E-state index is 1.02. The average Bonchev–Trinajstić information content (AvgIpc) is 2.88. The fourth-order valence-corrected chi connectivity index (χ4v) is 4.49. The van der Waals surface area contributed by atoms with Gasteiger partial charge >= 0.3 is 0 Å². The van der Waals surface area contributed by atoms with Crippen molar-refractivity contribution in [2.24, 2.45) is 0 Å². The first-order valence-electron chi connectivity index (χ1n) is 10.7. The Bertz CT molecular complexity index is 1440. The van der Waals surface area contributed by atoms with Gasteiger partial charge < -0.3 is 0 Å². The third-order valence-electron chi connectivity index (χ3n) is 6.02. The van der Waals surface area contributed by atoms with Gasteiger partial charge in [-0.3, -0.25) is 0 Å². The third-order valence-corrected chi connectivity index (χ3v) is 6.02. The van der Waals surface area contributed by atoms with Crippen molar-refractivity contribution < 1.29 is 0 Å². The predicted octanol–water partition coefficient (Wildman–Crippen LogP) is 7.78. The molecule has 0 fully saturated rings. The molecule has 1 aromatic heterocycles. The van der Waals surface area contributed by atoms with E-state index in [2.05, 4.69) is 113 Å². The number of aromatic nitrogens is 2. The molecule has 0 amide bonds. The summed E-state index contributed by atoms with van der Waals surface area (Å²) in [4.78, 5) is 8.38. The van der Waals surface area contributed by atoms with E-state index in [0.717, 1.165) is 11.1 Å². The second-order valence-corrected chi connectivity index (χ2v) is 7.98. The molecule has 0 aliphatic rings. The highest BCUT2D eigenvalue weighted by molar-refractivity contribution is 6.14.